The van der Waals surface area contributed by atoms with E-state index in [9.17, 15) is 36.4 Å². The van der Waals surface area contributed by atoms with Gasteiger partial charge in [0, 0.05) is 12.2 Å². The third kappa shape index (κ3) is 8.69. The Morgan fingerprint density at radius 1 is 1.03 bits per heavy atom. The summed E-state index contributed by atoms with van der Waals surface area (Å²) in [5.41, 5.74) is -5.27. The largest absolute Gasteiger partial charge is 0.456 e. The van der Waals surface area contributed by atoms with Crippen LogP contribution in [-0.4, -0.2) is 18.1 Å². The number of alkyl halides is 6. The van der Waals surface area contributed by atoms with E-state index in [1.807, 2.05) is 13.8 Å². The lowest BCUT2D eigenvalue weighted by Crippen LogP contribution is -2.30. The fourth-order valence-corrected chi connectivity index (χ4v) is 2.39. The number of esters is 1. The van der Waals surface area contributed by atoms with Gasteiger partial charge in [0.1, 0.15) is 17.5 Å². The SMILES string of the molecule is CC(C)CCNC(Nc1cc(C(F)(F)F)cc(C(F)(F)F)c1)=C(C#N)C(=O)OC(C)(C)C. The van der Waals surface area contributed by atoms with Crippen LogP contribution < -0.4 is 10.6 Å². The van der Waals surface area contributed by atoms with Crippen LogP contribution in [0.5, 0.6) is 0 Å². The van der Waals surface area contributed by atoms with Gasteiger partial charge in [0.25, 0.3) is 0 Å². The van der Waals surface area contributed by atoms with Crippen LogP contribution >= 0.6 is 0 Å². The van der Waals surface area contributed by atoms with Gasteiger partial charge in [-0.15, -0.1) is 0 Å². The van der Waals surface area contributed by atoms with Crippen molar-refractivity contribution in [2.45, 2.75) is 59.0 Å². The number of hydrogen-bond donors (Lipinski definition) is 2. The first kappa shape index (κ1) is 27.1. The van der Waals surface area contributed by atoms with Crippen LogP contribution in [0.4, 0.5) is 32.0 Å². The molecule has 0 bridgehead atoms. The number of anilines is 1. The molecule has 5 nitrogen and oxygen atoms in total. The van der Waals surface area contributed by atoms with Crippen LogP contribution in [-0.2, 0) is 21.9 Å². The molecule has 1 aromatic rings. The standard InChI is InChI=1S/C21H25F6N3O2/c1-12(2)6-7-29-17(16(11-28)18(31)32-19(3,4)5)30-15-9-13(20(22,23)24)8-14(10-15)21(25,26)27/h8-10,12,29-30H,6-7H2,1-5H3. The second-order valence-corrected chi connectivity index (χ2v) is 8.39. The lowest BCUT2D eigenvalue weighted by atomic mass is 10.1. The molecule has 11 heteroatoms. The zero-order valence-corrected chi connectivity index (χ0v) is 18.3. The second-order valence-electron chi connectivity index (χ2n) is 8.39. The Bertz CT molecular complexity index is 859. The summed E-state index contributed by atoms with van der Waals surface area (Å²) < 4.78 is 84.1. The molecular weight excluding hydrogens is 440 g/mol. The third-order valence-electron chi connectivity index (χ3n) is 3.85. The van der Waals surface area contributed by atoms with E-state index in [1.54, 1.807) is 26.8 Å². The van der Waals surface area contributed by atoms with Crippen LogP contribution in [0.1, 0.15) is 52.2 Å². The molecule has 0 amide bonds. The number of ether oxygens (including phenoxy) is 1. The Balaban J connectivity index is 3.52. The molecule has 0 atom stereocenters. The highest BCUT2D eigenvalue weighted by molar-refractivity contribution is 5.94. The van der Waals surface area contributed by atoms with Crippen LogP contribution in [0.2, 0.25) is 0 Å². The van der Waals surface area contributed by atoms with Gasteiger partial charge in [-0.3, -0.25) is 0 Å². The van der Waals surface area contributed by atoms with Crippen molar-refractivity contribution in [3.63, 3.8) is 0 Å². The zero-order valence-electron chi connectivity index (χ0n) is 18.3. The van der Waals surface area contributed by atoms with E-state index in [1.165, 1.54) is 0 Å². The molecule has 2 N–H and O–H groups in total. The van der Waals surface area contributed by atoms with Gasteiger partial charge in [-0.2, -0.15) is 31.6 Å². The Morgan fingerprint density at radius 2 is 1.53 bits per heavy atom. The van der Waals surface area contributed by atoms with E-state index < -0.39 is 46.3 Å². The smallest absolute Gasteiger partial charge is 0.416 e. The molecule has 32 heavy (non-hydrogen) atoms. The number of carbonyl (C=O) groups excluding carboxylic acids is 1. The van der Waals surface area contributed by atoms with Crippen molar-refractivity contribution in [2.75, 3.05) is 11.9 Å². The Labute approximate surface area is 182 Å². The van der Waals surface area contributed by atoms with Gasteiger partial charge in [0.05, 0.1) is 11.1 Å². The first-order valence-electron chi connectivity index (χ1n) is 9.62. The molecule has 0 aliphatic heterocycles. The molecule has 0 aliphatic carbocycles. The number of halogens is 6. The highest BCUT2D eigenvalue weighted by Crippen LogP contribution is 2.37. The second kappa shape index (κ2) is 10.1. The molecular formula is C21H25F6N3O2. The Morgan fingerprint density at radius 3 is 1.91 bits per heavy atom. The highest BCUT2D eigenvalue weighted by atomic mass is 19.4. The number of hydrogen-bond acceptors (Lipinski definition) is 5. The summed E-state index contributed by atoms with van der Waals surface area (Å²) in [6, 6.07) is 2.52. The van der Waals surface area contributed by atoms with Gasteiger partial charge in [-0.25, -0.2) is 4.79 Å². The predicted octanol–water partition coefficient (Wildman–Crippen LogP) is 5.85. The highest BCUT2D eigenvalue weighted by Gasteiger charge is 2.37. The maximum atomic E-state index is 13.2. The van der Waals surface area contributed by atoms with E-state index in [4.69, 9.17) is 4.74 Å². The minimum Gasteiger partial charge on any atom is -0.456 e. The van der Waals surface area contributed by atoms with Crippen LogP contribution in [0.15, 0.2) is 29.6 Å². The first-order chi connectivity index (χ1) is 14.4. The van der Waals surface area contributed by atoms with E-state index >= 15 is 0 Å². The molecule has 0 saturated carbocycles. The molecule has 0 radical (unpaired) electrons. The van der Waals surface area contributed by atoms with Gasteiger partial charge in [0.15, 0.2) is 5.57 Å². The molecule has 0 unspecified atom stereocenters. The Hall–Kier alpha value is -2.90. The van der Waals surface area contributed by atoms with Gasteiger partial charge in [-0.1, -0.05) is 13.8 Å². The van der Waals surface area contributed by atoms with Crippen LogP contribution in [0.3, 0.4) is 0 Å². The van der Waals surface area contributed by atoms with Crippen molar-refractivity contribution in [1.29, 1.82) is 5.26 Å². The van der Waals surface area contributed by atoms with Gasteiger partial charge < -0.3 is 15.4 Å². The number of nitriles is 1. The summed E-state index contributed by atoms with van der Waals surface area (Å²) in [4.78, 5) is 12.4. The van der Waals surface area contributed by atoms with Crippen molar-refractivity contribution >= 4 is 11.7 Å². The van der Waals surface area contributed by atoms with Crippen molar-refractivity contribution < 1.29 is 35.9 Å². The maximum Gasteiger partial charge on any atom is 0.416 e. The lowest BCUT2D eigenvalue weighted by Gasteiger charge is -2.22. The van der Waals surface area contributed by atoms with Crippen molar-refractivity contribution in [1.82, 2.24) is 5.32 Å². The van der Waals surface area contributed by atoms with Gasteiger partial charge in [-0.05, 0) is 51.3 Å². The molecule has 1 aromatic carbocycles. The molecule has 0 aromatic heterocycles. The molecule has 0 fully saturated rings. The number of rotatable bonds is 7. The quantitative estimate of drug-likeness (QED) is 0.229. The van der Waals surface area contributed by atoms with E-state index in [0.717, 1.165) is 0 Å². The Kier molecular flexibility index (Phi) is 8.60. The van der Waals surface area contributed by atoms with Crippen LogP contribution in [0, 0.1) is 17.2 Å². The van der Waals surface area contributed by atoms with E-state index in [-0.39, 0.29) is 24.4 Å². The molecule has 0 aliphatic rings. The number of nitrogens with zero attached hydrogens (tertiary/aromatic N) is 1. The molecule has 0 saturated heterocycles. The van der Waals surface area contributed by atoms with Crippen LogP contribution in [0.25, 0.3) is 0 Å². The molecule has 0 heterocycles. The monoisotopic (exact) mass is 465 g/mol. The lowest BCUT2D eigenvalue weighted by molar-refractivity contribution is -0.149. The topological polar surface area (TPSA) is 74.1 Å². The first-order valence-corrected chi connectivity index (χ1v) is 9.62. The van der Waals surface area contributed by atoms with Gasteiger partial charge >= 0.3 is 18.3 Å². The third-order valence-corrected chi connectivity index (χ3v) is 3.85. The summed E-state index contributed by atoms with van der Waals surface area (Å²) in [5, 5.41) is 14.5. The summed E-state index contributed by atoms with van der Waals surface area (Å²) in [5.74, 6) is -1.24. The van der Waals surface area contributed by atoms with Crippen molar-refractivity contribution in [3.8, 4) is 6.07 Å². The van der Waals surface area contributed by atoms with E-state index in [0.29, 0.717) is 18.6 Å². The van der Waals surface area contributed by atoms with Crippen molar-refractivity contribution in [3.05, 3.63) is 40.7 Å². The average Bonchev–Trinajstić information content (AvgIpc) is 2.58. The average molecular weight is 465 g/mol. The maximum absolute atomic E-state index is 13.2. The minimum absolute atomic E-state index is 0.0141. The molecule has 1 rings (SSSR count). The predicted molar refractivity (Wildman–Crippen MR) is 106 cm³/mol. The summed E-state index contributed by atoms with van der Waals surface area (Å²) in [6.07, 6.45) is -9.54. The zero-order chi connectivity index (χ0) is 24.9. The fraction of sp³-hybridized carbons (Fsp3) is 0.524. The van der Waals surface area contributed by atoms with Gasteiger partial charge in [0.2, 0.25) is 0 Å². The molecule has 178 valence electrons. The summed E-state index contributed by atoms with van der Waals surface area (Å²) >= 11 is 0. The number of nitrogens with one attached hydrogen (secondary N) is 2. The summed E-state index contributed by atoms with van der Waals surface area (Å²) in [6.45, 7) is 8.60. The fourth-order valence-electron chi connectivity index (χ4n) is 2.39. The normalized spacial score (nSPS) is 13.3. The summed E-state index contributed by atoms with van der Waals surface area (Å²) in [7, 11) is 0. The number of benzene rings is 1. The minimum atomic E-state index is -5.05. The number of carbonyl (C=O) groups is 1. The molecule has 0 spiro atoms. The van der Waals surface area contributed by atoms with Crippen molar-refractivity contribution in [2.24, 2.45) is 5.92 Å². The van der Waals surface area contributed by atoms with E-state index in [2.05, 4.69) is 10.6 Å².